The minimum absolute atomic E-state index is 0.245. The van der Waals surface area contributed by atoms with E-state index in [1.165, 1.54) is 19.2 Å². The first-order valence-corrected chi connectivity index (χ1v) is 5.78. The van der Waals surface area contributed by atoms with Crippen molar-refractivity contribution in [1.29, 1.82) is 0 Å². The Kier molecular flexibility index (Phi) is 2.17. The van der Waals surface area contributed by atoms with Crippen LogP contribution in [0.25, 0.3) is 0 Å². The van der Waals surface area contributed by atoms with E-state index in [9.17, 15) is 22.8 Å². The molecule has 0 N–H and O–H groups in total. The highest BCUT2D eigenvalue weighted by Gasteiger charge is 2.71. The van der Waals surface area contributed by atoms with Gasteiger partial charge in [-0.25, -0.2) is 0 Å². The molecular formula is C13H10F3NO2. The maximum Gasteiger partial charge on any atom is 0.416 e. The summed E-state index contributed by atoms with van der Waals surface area (Å²) in [7, 11) is 1.41. The number of imide groups is 1. The van der Waals surface area contributed by atoms with Gasteiger partial charge < -0.3 is 0 Å². The normalized spacial score (nSPS) is 29.7. The molecule has 1 saturated carbocycles. The number of hydrogen-bond donors (Lipinski definition) is 0. The number of fused-ring (bicyclic) bond motifs is 1. The SMILES string of the molecule is CN1C(=O)C2CC2(c2ccc(C(F)(F)F)cc2)C1=O. The fourth-order valence-electron chi connectivity index (χ4n) is 2.83. The molecule has 2 atom stereocenters. The molecule has 1 saturated heterocycles. The van der Waals surface area contributed by atoms with Crippen molar-refractivity contribution < 1.29 is 22.8 Å². The van der Waals surface area contributed by atoms with E-state index in [4.69, 9.17) is 0 Å². The topological polar surface area (TPSA) is 37.4 Å². The Bertz CT molecular complexity index is 579. The molecule has 0 spiro atoms. The summed E-state index contributed by atoms with van der Waals surface area (Å²) in [6.45, 7) is 0. The van der Waals surface area contributed by atoms with Crippen LogP contribution in [-0.2, 0) is 21.2 Å². The van der Waals surface area contributed by atoms with Crippen molar-refractivity contribution in [2.75, 3.05) is 7.05 Å². The zero-order chi connectivity index (χ0) is 14.0. The summed E-state index contributed by atoms with van der Waals surface area (Å²) in [5.41, 5.74) is -1.17. The summed E-state index contributed by atoms with van der Waals surface area (Å²) < 4.78 is 37.4. The predicted molar refractivity (Wildman–Crippen MR) is 59.0 cm³/mol. The third-order valence-corrected chi connectivity index (χ3v) is 4.00. The van der Waals surface area contributed by atoms with Gasteiger partial charge in [0, 0.05) is 7.05 Å². The average Bonchev–Trinajstić information content (AvgIpc) is 3.07. The van der Waals surface area contributed by atoms with E-state index in [2.05, 4.69) is 0 Å². The van der Waals surface area contributed by atoms with Crippen LogP contribution >= 0.6 is 0 Å². The minimum atomic E-state index is -4.40. The van der Waals surface area contributed by atoms with Crippen molar-refractivity contribution in [2.45, 2.75) is 18.0 Å². The van der Waals surface area contributed by atoms with Gasteiger partial charge in [0.05, 0.1) is 16.9 Å². The second kappa shape index (κ2) is 3.37. The molecule has 19 heavy (non-hydrogen) atoms. The average molecular weight is 269 g/mol. The lowest BCUT2D eigenvalue weighted by Crippen LogP contribution is -2.32. The van der Waals surface area contributed by atoms with E-state index in [1.807, 2.05) is 0 Å². The van der Waals surface area contributed by atoms with Gasteiger partial charge in [-0.05, 0) is 24.1 Å². The van der Waals surface area contributed by atoms with Gasteiger partial charge in [-0.2, -0.15) is 13.2 Å². The number of likely N-dealkylation sites (tertiary alicyclic amines) is 1. The van der Waals surface area contributed by atoms with Gasteiger partial charge in [-0.15, -0.1) is 0 Å². The van der Waals surface area contributed by atoms with Gasteiger partial charge in [0.25, 0.3) is 0 Å². The molecule has 2 amide bonds. The summed E-state index contributed by atoms with van der Waals surface area (Å²) >= 11 is 0. The molecule has 3 rings (SSSR count). The molecule has 1 aromatic rings. The summed E-state index contributed by atoms with van der Waals surface area (Å²) in [6.07, 6.45) is -3.99. The molecule has 6 heteroatoms. The Morgan fingerprint density at radius 3 is 2.21 bits per heavy atom. The lowest BCUT2D eigenvalue weighted by Gasteiger charge is -2.15. The monoisotopic (exact) mass is 269 g/mol. The first kappa shape index (κ1) is 12.2. The van der Waals surface area contributed by atoms with Crippen molar-refractivity contribution in [3.8, 4) is 0 Å². The molecule has 1 heterocycles. The van der Waals surface area contributed by atoms with Gasteiger partial charge >= 0.3 is 6.18 Å². The molecule has 1 aliphatic carbocycles. The fourth-order valence-corrected chi connectivity index (χ4v) is 2.83. The largest absolute Gasteiger partial charge is 0.416 e. The van der Waals surface area contributed by atoms with Gasteiger partial charge in [0.1, 0.15) is 0 Å². The zero-order valence-electron chi connectivity index (χ0n) is 9.99. The molecule has 2 aliphatic rings. The van der Waals surface area contributed by atoms with Gasteiger partial charge in [0.15, 0.2) is 0 Å². The Hall–Kier alpha value is -1.85. The molecule has 1 aromatic carbocycles. The molecule has 2 fully saturated rings. The first-order chi connectivity index (χ1) is 8.78. The van der Waals surface area contributed by atoms with E-state index in [0.717, 1.165) is 17.0 Å². The Labute approximate surface area is 107 Å². The molecule has 3 nitrogen and oxygen atoms in total. The van der Waals surface area contributed by atoms with Crippen molar-refractivity contribution >= 4 is 11.8 Å². The smallest absolute Gasteiger partial charge is 0.285 e. The van der Waals surface area contributed by atoms with Crippen LogP contribution in [0.5, 0.6) is 0 Å². The van der Waals surface area contributed by atoms with Crippen molar-refractivity contribution in [3.63, 3.8) is 0 Å². The number of likely N-dealkylation sites (N-methyl/N-ethyl adjacent to an activating group) is 1. The Morgan fingerprint density at radius 2 is 1.79 bits per heavy atom. The van der Waals surface area contributed by atoms with E-state index in [-0.39, 0.29) is 11.8 Å². The molecule has 2 unspecified atom stereocenters. The number of hydrogen-bond acceptors (Lipinski definition) is 2. The van der Waals surface area contributed by atoms with Crippen LogP contribution in [0.2, 0.25) is 0 Å². The quantitative estimate of drug-likeness (QED) is 0.731. The van der Waals surface area contributed by atoms with Crippen LogP contribution in [0.4, 0.5) is 13.2 Å². The summed E-state index contributed by atoms with van der Waals surface area (Å²) in [6, 6.07) is 4.51. The number of benzene rings is 1. The van der Waals surface area contributed by atoms with Crippen LogP contribution in [0.3, 0.4) is 0 Å². The van der Waals surface area contributed by atoms with Crippen LogP contribution in [0.15, 0.2) is 24.3 Å². The number of nitrogens with zero attached hydrogens (tertiary/aromatic N) is 1. The highest BCUT2D eigenvalue weighted by molar-refractivity contribution is 6.14. The van der Waals surface area contributed by atoms with Gasteiger partial charge in [-0.1, -0.05) is 12.1 Å². The highest BCUT2D eigenvalue weighted by Crippen LogP contribution is 2.60. The third kappa shape index (κ3) is 1.45. The van der Waals surface area contributed by atoms with E-state index in [1.54, 1.807) is 0 Å². The number of amides is 2. The van der Waals surface area contributed by atoms with Crippen molar-refractivity contribution in [2.24, 2.45) is 5.92 Å². The fraction of sp³-hybridized carbons (Fsp3) is 0.385. The number of carbonyl (C=O) groups excluding carboxylic acids is 2. The number of alkyl halides is 3. The van der Waals surface area contributed by atoms with E-state index >= 15 is 0 Å². The highest BCUT2D eigenvalue weighted by atomic mass is 19.4. The van der Waals surface area contributed by atoms with Crippen LogP contribution in [0, 0.1) is 5.92 Å². The molecule has 0 aromatic heterocycles. The molecule has 1 aliphatic heterocycles. The summed E-state index contributed by atoms with van der Waals surface area (Å²) in [4.78, 5) is 24.8. The number of carbonyl (C=O) groups is 2. The van der Waals surface area contributed by atoms with E-state index in [0.29, 0.717) is 12.0 Å². The van der Waals surface area contributed by atoms with Crippen molar-refractivity contribution in [1.82, 2.24) is 4.90 Å². The number of piperidine rings is 1. The first-order valence-electron chi connectivity index (χ1n) is 5.78. The van der Waals surface area contributed by atoms with Gasteiger partial charge in [-0.3, -0.25) is 14.5 Å². The molecule has 0 bridgehead atoms. The van der Waals surface area contributed by atoms with Gasteiger partial charge in [0.2, 0.25) is 11.8 Å². The Balaban J connectivity index is 1.97. The summed E-state index contributed by atoms with van der Waals surface area (Å²) in [5.74, 6) is -0.964. The minimum Gasteiger partial charge on any atom is -0.285 e. The number of rotatable bonds is 1. The van der Waals surface area contributed by atoms with Crippen LogP contribution in [0.1, 0.15) is 17.5 Å². The Morgan fingerprint density at radius 1 is 1.21 bits per heavy atom. The van der Waals surface area contributed by atoms with Crippen LogP contribution in [-0.4, -0.2) is 23.8 Å². The van der Waals surface area contributed by atoms with Crippen molar-refractivity contribution in [3.05, 3.63) is 35.4 Å². The second-order valence-electron chi connectivity index (χ2n) is 5.01. The number of halogens is 3. The molecule has 100 valence electrons. The lowest BCUT2D eigenvalue weighted by molar-refractivity contribution is -0.140. The maximum atomic E-state index is 12.5. The molecule has 0 radical (unpaired) electrons. The predicted octanol–water partition coefficient (Wildman–Crippen LogP) is 1.96. The third-order valence-electron chi connectivity index (χ3n) is 4.00. The standard InChI is InChI=1S/C13H10F3NO2/c1-17-10(18)9-6-12(9,11(17)19)7-2-4-8(5-3-7)13(14,15)16/h2-5,9H,6H2,1H3. The van der Waals surface area contributed by atoms with E-state index < -0.39 is 23.1 Å². The maximum absolute atomic E-state index is 12.5. The van der Waals surface area contributed by atoms with Crippen LogP contribution < -0.4 is 0 Å². The molecular weight excluding hydrogens is 259 g/mol. The zero-order valence-corrected chi connectivity index (χ0v) is 9.99. The lowest BCUT2D eigenvalue weighted by atomic mass is 9.93. The second-order valence-corrected chi connectivity index (χ2v) is 5.01. The summed E-state index contributed by atoms with van der Waals surface area (Å²) in [5, 5.41) is 0.